The zero-order valence-corrected chi connectivity index (χ0v) is 13.8. The van der Waals surface area contributed by atoms with Gasteiger partial charge in [-0.3, -0.25) is 4.79 Å². The second-order valence-corrected chi connectivity index (χ2v) is 5.98. The lowest BCUT2D eigenvalue weighted by molar-refractivity contribution is 0.0857. The monoisotopic (exact) mass is 333 g/mol. The van der Waals surface area contributed by atoms with Crippen LogP contribution in [0.2, 0.25) is 0 Å². The lowest BCUT2D eigenvalue weighted by Gasteiger charge is -2.11. The highest BCUT2D eigenvalue weighted by Gasteiger charge is 2.16. The normalized spacial score (nSPS) is 17.2. The minimum absolute atomic E-state index is 0.0911. The standard InChI is InChI=1S/C16H19N3O3S/c1-11-15(19-23-18-11)10-22-13-6-4-12(5-7-13)16(20)17-9-14-3-2-8-21-14/h4-7,14H,2-3,8-10H2,1H3,(H,17,20). The van der Waals surface area contributed by atoms with Crippen LogP contribution < -0.4 is 10.1 Å². The first-order chi connectivity index (χ1) is 11.2. The molecule has 1 aromatic heterocycles. The number of amides is 1. The molecule has 2 heterocycles. The summed E-state index contributed by atoms with van der Waals surface area (Å²) in [6.45, 7) is 3.64. The van der Waals surface area contributed by atoms with Crippen molar-refractivity contribution in [1.29, 1.82) is 0 Å². The summed E-state index contributed by atoms with van der Waals surface area (Å²) in [5.74, 6) is 0.611. The highest BCUT2D eigenvalue weighted by Crippen LogP contribution is 2.15. The maximum atomic E-state index is 12.1. The van der Waals surface area contributed by atoms with Crippen molar-refractivity contribution < 1.29 is 14.3 Å². The third kappa shape index (κ3) is 4.27. The van der Waals surface area contributed by atoms with Gasteiger partial charge in [-0.25, -0.2) is 0 Å². The summed E-state index contributed by atoms with van der Waals surface area (Å²) in [6.07, 6.45) is 2.23. The Morgan fingerprint density at radius 3 is 2.87 bits per heavy atom. The number of hydrogen-bond donors (Lipinski definition) is 1. The van der Waals surface area contributed by atoms with Crippen molar-refractivity contribution in [3.63, 3.8) is 0 Å². The SMILES string of the molecule is Cc1nsnc1COc1ccc(C(=O)NCC2CCCO2)cc1. The molecule has 0 aliphatic carbocycles. The smallest absolute Gasteiger partial charge is 0.251 e. The van der Waals surface area contributed by atoms with Gasteiger partial charge in [0.25, 0.3) is 5.91 Å². The molecule has 122 valence electrons. The van der Waals surface area contributed by atoms with Crippen LogP contribution in [0.25, 0.3) is 0 Å². The molecule has 0 spiro atoms. The topological polar surface area (TPSA) is 73.3 Å². The molecule has 1 unspecified atom stereocenters. The molecule has 1 aliphatic rings. The number of benzene rings is 1. The van der Waals surface area contributed by atoms with Crippen molar-refractivity contribution in [3.05, 3.63) is 41.2 Å². The van der Waals surface area contributed by atoms with Crippen LogP contribution >= 0.6 is 11.7 Å². The molecular weight excluding hydrogens is 314 g/mol. The van der Waals surface area contributed by atoms with E-state index in [1.165, 1.54) is 11.7 Å². The minimum atomic E-state index is -0.0911. The molecular formula is C16H19N3O3S. The molecule has 7 heteroatoms. The Morgan fingerprint density at radius 1 is 1.39 bits per heavy atom. The van der Waals surface area contributed by atoms with Gasteiger partial charge in [0.1, 0.15) is 18.1 Å². The van der Waals surface area contributed by atoms with Gasteiger partial charge in [0.15, 0.2) is 0 Å². The average molecular weight is 333 g/mol. The first-order valence-corrected chi connectivity index (χ1v) is 8.36. The molecule has 1 fully saturated rings. The Bertz CT molecular complexity index is 651. The first-order valence-electron chi connectivity index (χ1n) is 7.63. The van der Waals surface area contributed by atoms with E-state index in [2.05, 4.69) is 14.1 Å². The van der Waals surface area contributed by atoms with Crippen LogP contribution in [-0.2, 0) is 11.3 Å². The van der Waals surface area contributed by atoms with E-state index in [0.717, 1.165) is 30.8 Å². The van der Waals surface area contributed by atoms with Crippen molar-refractivity contribution in [1.82, 2.24) is 14.1 Å². The number of rotatable bonds is 6. The second-order valence-electron chi connectivity index (χ2n) is 5.45. The second kappa shape index (κ2) is 7.52. The third-order valence-electron chi connectivity index (χ3n) is 3.75. The molecule has 1 atom stereocenters. The zero-order valence-electron chi connectivity index (χ0n) is 12.9. The summed E-state index contributed by atoms with van der Waals surface area (Å²) >= 11 is 1.18. The van der Waals surface area contributed by atoms with Crippen LogP contribution in [0.4, 0.5) is 0 Å². The van der Waals surface area contributed by atoms with Gasteiger partial charge in [-0.1, -0.05) is 0 Å². The lowest BCUT2D eigenvalue weighted by atomic mass is 10.2. The Labute approximate surface area is 139 Å². The molecule has 0 bridgehead atoms. The number of nitrogens with zero attached hydrogens (tertiary/aromatic N) is 2. The maximum Gasteiger partial charge on any atom is 0.251 e. The maximum absolute atomic E-state index is 12.1. The van der Waals surface area contributed by atoms with E-state index in [9.17, 15) is 4.79 Å². The summed E-state index contributed by atoms with van der Waals surface area (Å²) in [5, 5.41) is 2.90. The van der Waals surface area contributed by atoms with Crippen molar-refractivity contribution in [3.8, 4) is 5.75 Å². The van der Waals surface area contributed by atoms with Crippen LogP contribution in [0.3, 0.4) is 0 Å². The van der Waals surface area contributed by atoms with Crippen molar-refractivity contribution in [2.45, 2.75) is 32.5 Å². The van der Waals surface area contributed by atoms with Gasteiger partial charge in [-0.2, -0.15) is 8.75 Å². The molecule has 3 rings (SSSR count). The number of aryl methyl sites for hydroxylation is 1. The lowest BCUT2D eigenvalue weighted by Crippen LogP contribution is -2.31. The summed E-state index contributed by atoms with van der Waals surface area (Å²) in [6, 6.07) is 7.09. The van der Waals surface area contributed by atoms with Gasteiger partial charge in [0, 0.05) is 18.7 Å². The number of carbonyl (C=O) groups is 1. The molecule has 1 aromatic carbocycles. The number of nitrogens with one attached hydrogen (secondary N) is 1. The van der Waals surface area contributed by atoms with Gasteiger partial charge >= 0.3 is 0 Å². The highest BCUT2D eigenvalue weighted by molar-refractivity contribution is 6.99. The predicted molar refractivity (Wildman–Crippen MR) is 86.7 cm³/mol. The van der Waals surface area contributed by atoms with E-state index in [1.807, 2.05) is 6.92 Å². The number of ether oxygens (including phenoxy) is 2. The Hall–Kier alpha value is -1.99. The fourth-order valence-electron chi connectivity index (χ4n) is 2.35. The number of aromatic nitrogens is 2. The van der Waals surface area contributed by atoms with E-state index in [-0.39, 0.29) is 12.0 Å². The van der Waals surface area contributed by atoms with Crippen molar-refractivity contribution >= 4 is 17.6 Å². The van der Waals surface area contributed by atoms with Gasteiger partial charge in [0.05, 0.1) is 23.5 Å². The molecule has 0 saturated carbocycles. The fraction of sp³-hybridized carbons (Fsp3) is 0.438. The van der Waals surface area contributed by atoms with E-state index in [1.54, 1.807) is 24.3 Å². The number of carbonyl (C=O) groups excluding carboxylic acids is 1. The summed E-state index contributed by atoms with van der Waals surface area (Å²) in [7, 11) is 0. The molecule has 6 nitrogen and oxygen atoms in total. The van der Waals surface area contributed by atoms with Crippen LogP contribution in [-0.4, -0.2) is 33.9 Å². The summed E-state index contributed by atoms with van der Waals surface area (Å²) in [4.78, 5) is 12.1. The van der Waals surface area contributed by atoms with Gasteiger partial charge in [0.2, 0.25) is 0 Å². The van der Waals surface area contributed by atoms with Crippen molar-refractivity contribution in [2.75, 3.05) is 13.2 Å². The fourth-order valence-corrected chi connectivity index (χ4v) is 2.90. The highest BCUT2D eigenvalue weighted by atomic mass is 32.1. The molecule has 23 heavy (non-hydrogen) atoms. The number of hydrogen-bond acceptors (Lipinski definition) is 6. The quantitative estimate of drug-likeness (QED) is 0.878. The Kier molecular flexibility index (Phi) is 5.19. The first kappa shape index (κ1) is 15.9. The average Bonchev–Trinajstić information content (AvgIpc) is 3.23. The van der Waals surface area contributed by atoms with Gasteiger partial charge < -0.3 is 14.8 Å². The summed E-state index contributed by atoms with van der Waals surface area (Å²) in [5.41, 5.74) is 2.34. The van der Waals surface area contributed by atoms with E-state index in [0.29, 0.717) is 24.5 Å². The third-order valence-corrected chi connectivity index (χ3v) is 4.41. The van der Waals surface area contributed by atoms with Crippen LogP contribution in [0, 0.1) is 6.92 Å². The molecule has 1 amide bonds. The van der Waals surface area contributed by atoms with Gasteiger partial charge in [-0.15, -0.1) is 0 Å². The van der Waals surface area contributed by atoms with E-state index in [4.69, 9.17) is 9.47 Å². The van der Waals surface area contributed by atoms with E-state index >= 15 is 0 Å². The molecule has 1 saturated heterocycles. The van der Waals surface area contributed by atoms with Crippen LogP contribution in [0.15, 0.2) is 24.3 Å². The van der Waals surface area contributed by atoms with Gasteiger partial charge in [-0.05, 0) is 44.0 Å². The zero-order chi connectivity index (χ0) is 16.1. The van der Waals surface area contributed by atoms with E-state index < -0.39 is 0 Å². The molecule has 0 radical (unpaired) electrons. The Balaban J connectivity index is 1.49. The van der Waals surface area contributed by atoms with Crippen LogP contribution in [0.1, 0.15) is 34.6 Å². The molecule has 2 aromatic rings. The predicted octanol–water partition coefficient (Wildman–Crippen LogP) is 2.33. The Morgan fingerprint density at radius 2 is 2.22 bits per heavy atom. The largest absolute Gasteiger partial charge is 0.487 e. The minimum Gasteiger partial charge on any atom is -0.487 e. The van der Waals surface area contributed by atoms with Crippen LogP contribution in [0.5, 0.6) is 5.75 Å². The van der Waals surface area contributed by atoms with Crippen molar-refractivity contribution in [2.24, 2.45) is 0 Å². The summed E-state index contributed by atoms with van der Waals surface area (Å²) < 4.78 is 19.4. The molecule has 1 N–H and O–H groups in total. The molecule has 1 aliphatic heterocycles.